The van der Waals surface area contributed by atoms with Crippen LogP contribution in [0.4, 0.5) is 11.4 Å². The third kappa shape index (κ3) is 3.54. The van der Waals surface area contributed by atoms with E-state index >= 15 is 0 Å². The fraction of sp³-hybridized carbons (Fsp3) is 0.200. The zero-order chi connectivity index (χ0) is 21.3. The van der Waals surface area contributed by atoms with E-state index in [1.807, 2.05) is 66.4 Å². The number of aromatic hydroxyl groups is 1. The molecule has 1 heterocycles. The molecule has 0 unspecified atom stereocenters. The van der Waals surface area contributed by atoms with Crippen molar-refractivity contribution in [1.29, 1.82) is 0 Å². The Morgan fingerprint density at radius 1 is 0.933 bits per heavy atom. The summed E-state index contributed by atoms with van der Waals surface area (Å²) in [6, 6.07) is 23.3. The molecule has 30 heavy (non-hydrogen) atoms. The van der Waals surface area contributed by atoms with Gasteiger partial charge in [-0.25, -0.2) is 0 Å². The molecule has 1 N–H and O–H groups in total. The summed E-state index contributed by atoms with van der Waals surface area (Å²) < 4.78 is 0. The van der Waals surface area contributed by atoms with Crippen LogP contribution in [-0.2, 0) is 4.79 Å². The van der Waals surface area contributed by atoms with Crippen LogP contribution in [-0.4, -0.2) is 23.0 Å². The first-order valence-corrected chi connectivity index (χ1v) is 10.0. The highest BCUT2D eigenvalue weighted by Gasteiger charge is 2.38. The van der Waals surface area contributed by atoms with Gasteiger partial charge in [0.25, 0.3) is 5.91 Å². The standard InChI is InChI=1S/C25H24N2O3/c1-17-16-24(27(18(2)28)20-12-14-21(29)15-13-20)22-10-6-7-11-23(22)26(17)25(30)19-8-4-3-5-9-19/h3-15,17,24,29H,16H2,1-2H3/t17-,24+/m0/s1. The molecule has 0 bridgehead atoms. The topological polar surface area (TPSA) is 60.9 Å². The van der Waals surface area contributed by atoms with Crippen molar-refractivity contribution >= 4 is 23.2 Å². The summed E-state index contributed by atoms with van der Waals surface area (Å²) in [7, 11) is 0. The summed E-state index contributed by atoms with van der Waals surface area (Å²) >= 11 is 0. The van der Waals surface area contributed by atoms with Gasteiger partial charge in [0.05, 0.1) is 6.04 Å². The van der Waals surface area contributed by atoms with Crippen molar-refractivity contribution in [3.63, 3.8) is 0 Å². The summed E-state index contributed by atoms with van der Waals surface area (Å²) in [5.41, 5.74) is 3.11. The van der Waals surface area contributed by atoms with E-state index in [4.69, 9.17) is 0 Å². The molecule has 5 nitrogen and oxygen atoms in total. The van der Waals surface area contributed by atoms with Crippen LogP contribution in [0.5, 0.6) is 5.75 Å². The van der Waals surface area contributed by atoms with Crippen LogP contribution in [0.25, 0.3) is 0 Å². The van der Waals surface area contributed by atoms with Crippen molar-refractivity contribution < 1.29 is 14.7 Å². The van der Waals surface area contributed by atoms with Gasteiger partial charge in [-0.05, 0) is 61.4 Å². The van der Waals surface area contributed by atoms with Gasteiger partial charge < -0.3 is 14.9 Å². The van der Waals surface area contributed by atoms with Crippen LogP contribution in [0.15, 0.2) is 78.9 Å². The van der Waals surface area contributed by atoms with E-state index in [1.54, 1.807) is 36.1 Å². The molecule has 0 fully saturated rings. The van der Waals surface area contributed by atoms with Crippen LogP contribution in [0.3, 0.4) is 0 Å². The first-order chi connectivity index (χ1) is 14.5. The van der Waals surface area contributed by atoms with Crippen LogP contribution < -0.4 is 9.80 Å². The van der Waals surface area contributed by atoms with E-state index in [2.05, 4.69) is 0 Å². The summed E-state index contributed by atoms with van der Waals surface area (Å²) in [5.74, 6) is 0.0165. The second kappa shape index (κ2) is 8.03. The maximum absolute atomic E-state index is 13.3. The Hall–Kier alpha value is -3.60. The number of phenols is 1. The highest BCUT2D eigenvalue weighted by atomic mass is 16.3. The fourth-order valence-corrected chi connectivity index (χ4v) is 4.25. The molecule has 2 amide bonds. The molecular formula is C25H24N2O3. The number of fused-ring (bicyclic) bond motifs is 1. The van der Waals surface area contributed by atoms with Crippen LogP contribution in [0.1, 0.15) is 42.2 Å². The van der Waals surface area contributed by atoms with Crippen molar-refractivity contribution in [3.05, 3.63) is 90.0 Å². The SMILES string of the molecule is CC(=O)N(c1ccc(O)cc1)[C@@H]1C[C@H](C)N(C(=O)c2ccccc2)c2ccccc21. The zero-order valence-corrected chi connectivity index (χ0v) is 17.0. The predicted molar refractivity (Wildman–Crippen MR) is 118 cm³/mol. The first kappa shape index (κ1) is 19.7. The number of nitrogens with zero attached hydrogens (tertiary/aromatic N) is 2. The average molecular weight is 400 g/mol. The van der Waals surface area contributed by atoms with Gasteiger partial charge in [0.15, 0.2) is 0 Å². The molecular weight excluding hydrogens is 376 g/mol. The Morgan fingerprint density at radius 2 is 1.57 bits per heavy atom. The number of para-hydroxylation sites is 1. The molecule has 0 spiro atoms. The maximum Gasteiger partial charge on any atom is 0.258 e. The molecule has 0 radical (unpaired) electrons. The van der Waals surface area contributed by atoms with Gasteiger partial charge in [-0.3, -0.25) is 9.59 Å². The number of hydrogen-bond acceptors (Lipinski definition) is 3. The van der Waals surface area contributed by atoms with Crippen molar-refractivity contribution in [2.75, 3.05) is 9.80 Å². The molecule has 4 rings (SSSR count). The van der Waals surface area contributed by atoms with E-state index in [9.17, 15) is 14.7 Å². The number of carbonyl (C=O) groups is 2. The van der Waals surface area contributed by atoms with Crippen molar-refractivity contribution in [2.45, 2.75) is 32.4 Å². The molecule has 2 atom stereocenters. The third-order valence-corrected chi connectivity index (χ3v) is 5.58. The minimum Gasteiger partial charge on any atom is -0.508 e. The summed E-state index contributed by atoms with van der Waals surface area (Å²) in [6.07, 6.45) is 0.607. The Bertz CT molecular complexity index is 1060. The monoisotopic (exact) mass is 400 g/mol. The van der Waals surface area contributed by atoms with E-state index in [-0.39, 0.29) is 29.6 Å². The lowest BCUT2D eigenvalue weighted by molar-refractivity contribution is -0.117. The van der Waals surface area contributed by atoms with Gasteiger partial charge in [-0.1, -0.05) is 36.4 Å². The van der Waals surface area contributed by atoms with Crippen LogP contribution >= 0.6 is 0 Å². The smallest absolute Gasteiger partial charge is 0.258 e. The van der Waals surface area contributed by atoms with Gasteiger partial charge in [0.1, 0.15) is 5.75 Å². The molecule has 0 saturated heterocycles. The lowest BCUT2D eigenvalue weighted by atomic mass is 9.89. The maximum atomic E-state index is 13.3. The Labute approximate surface area is 176 Å². The molecule has 0 aliphatic carbocycles. The van der Waals surface area contributed by atoms with Gasteiger partial charge >= 0.3 is 0 Å². The first-order valence-electron chi connectivity index (χ1n) is 10.0. The lowest BCUT2D eigenvalue weighted by Gasteiger charge is -2.43. The molecule has 0 saturated carbocycles. The molecule has 1 aliphatic rings. The highest BCUT2D eigenvalue weighted by Crippen LogP contribution is 2.42. The number of hydrogen-bond donors (Lipinski definition) is 1. The van der Waals surface area contributed by atoms with Gasteiger partial charge in [-0.15, -0.1) is 0 Å². The number of phenolic OH excluding ortho intramolecular Hbond substituents is 1. The van der Waals surface area contributed by atoms with Crippen molar-refractivity contribution in [1.82, 2.24) is 0 Å². The quantitative estimate of drug-likeness (QED) is 0.678. The number of carbonyl (C=O) groups excluding carboxylic acids is 2. The second-order valence-electron chi connectivity index (χ2n) is 7.61. The van der Waals surface area contributed by atoms with E-state index < -0.39 is 0 Å². The fourth-order valence-electron chi connectivity index (χ4n) is 4.25. The van der Waals surface area contributed by atoms with Gasteiger partial charge in [0.2, 0.25) is 5.91 Å². The van der Waals surface area contributed by atoms with Crippen LogP contribution in [0, 0.1) is 0 Å². The Balaban J connectivity index is 1.78. The normalized spacial score (nSPS) is 17.9. The molecule has 3 aromatic carbocycles. The second-order valence-corrected chi connectivity index (χ2v) is 7.61. The van der Waals surface area contributed by atoms with Crippen molar-refractivity contribution in [3.8, 4) is 5.75 Å². The van der Waals surface area contributed by atoms with Gasteiger partial charge in [-0.2, -0.15) is 0 Å². The van der Waals surface area contributed by atoms with Crippen molar-refractivity contribution in [2.24, 2.45) is 0 Å². The Kier molecular flexibility index (Phi) is 5.27. The summed E-state index contributed by atoms with van der Waals surface area (Å²) in [4.78, 5) is 29.6. The van der Waals surface area contributed by atoms with E-state index in [0.29, 0.717) is 12.0 Å². The Morgan fingerprint density at radius 3 is 2.23 bits per heavy atom. The number of rotatable bonds is 3. The minimum absolute atomic E-state index is 0.0481. The molecule has 1 aliphatic heterocycles. The number of benzene rings is 3. The molecule has 0 aromatic heterocycles. The number of amides is 2. The largest absolute Gasteiger partial charge is 0.508 e. The molecule has 5 heteroatoms. The zero-order valence-electron chi connectivity index (χ0n) is 17.0. The lowest BCUT2D eigenvalue weighted by Crippen LogP contribution is -2.47. The van der Waals surface area contributed by atoms with Crippen LogP contribution in [0.2, 0.25) is 0 Å². The number of anilines is 2. The van der Waals surface area contributed by atoms with Gasteiger partial charge in [0, 0.05) is 29.9 Å². The molecule has 152 valence electrons. The summed E-state index contributed by atoms with van der Waals surface area (Å²) in [6.45, 7) is 3.56. The predicted octanol–water partition coefficient (Wildman–Crippen LogP) is 4.93. The molecule has 3 aromatic rings. The third-order valence-electron chi connectivity index (χ3n) is 5.58. The minimum atomic E-state index is -0.210. The average Bonchev–Trinajstić information content (AvgIpc) is 2.75. The summed E-state index contributed by atoms with van der Waals surface area (Å²) in [5, 5.41) is 9.64. The highest BCUT2D eigenvalue weighted by molar-refractivity contribution is 6.07. The van der Waals surface area contributed by atoms with E-state index in [0.717, 1.165) is 16.9 Å². The van der Waals surface area contributed by atoms with E-state index in [1.165, 1.54) is 0 Å².